The van der Waals surface area contributed by atoms with Crippen LogP contribution in [0.25, 0.3) is 0 Å². The Morgan fingerprint density at radius 1 is 1.00 bits per heavy atom. The van der Waals surface area contributed by atoms with E-state index in [4.69, 9.17) is 4.74 Å². The first-order valence-electron chi connectivity index (χ1n) is 11.2. The van der Waals surface area contributed by atoms with Crippen molar-refractivity contribution in [2.45, 2.75) is 24.7 Å². The maximum Gasteiger partial charge on any atom is 0.418 e. The highest BCUT2D eigenvalue weighted by atomic mass is 19.4. The van der Waals surface area contributed by atoms with Crippen LogP contribution in [0.15, 0.2) is 72.8 Å². The van der Waals surface area contributed by atoms with Gasteiger partial charge in [0.15, 0.2) is 0 Å². The van der Waals surface area contributed by atoms with Gasteiger partial charge in [0, 0.05) is 30.8 Å². The number of phenolic OH excluding ortho intramolecular Hbond substituents is 1. The van der Waals surface area contributed by atoms with Gasteiger partial charge in [0.05, 0.1) is 17.9 Å². The van der Waals surface area contributed by atoms with Gasteiger partial charge in [0.1, 0.15) is 11.3 Å². The normalized spacial score (nSPS) is 17.4. The molecule has 0 radical (unpaired) electrons. The van der Waals surface area contributed by atoms with Crippen LogP contribution in [-0.2, 0) is 22.3 Å². The van der Waals surface area contributed by atoms with Crippen LogP contribution in [0, 0.1) is 0 Å². The molecule has 1 aliphatic rings. The molecule has 1 fully saturated rings. The highest BCUT2D eigenvalue weighted by molar-refractivity contribution is 5.99. The molecule has 2 amide bonds. The number of hydrogen-bond acceptors (Lipinski definition) is 5. The molecule has 4 rings (SSSR count). The second-order valence-electron chi connectivity index (χ2n) is 8.44. The van der Waals surface area contributed by atoms with Gasteiger partial charge in [-0.15, -0.1) is 0 Å². The van der Waals surface area contributed by atoms with Crippen LogP contribution in [0.3, 0.4) is 0 Å². The molecule has 188 valence electrons. The molecular formula is C26H24F3N3O4. The van der Waals surface area contributed by atoms with Crippen molar-refractivity contribution in [3.63, 3.8) is 0 Å². The molecule has 1 heterocycles. The smallest absolute Gasteiger partial charge is 0.418 e. The number of phenols is 1. The number of amides is 2. The Labute approximate surface area is 205 Å². The molecule has 1 atom stereocenters. The molecule has 0 saturated carbocycles. The van der Waals surface area contributed by atoms with Crippen molar-refractivity contribution < 1.29 is 32.6 Å². The van der Waals surface area contributed by atoms with E-state index < -0.39 is 29.1 Å². The molecule has 10 heteroatoms. The highest BCUT2D eigenvalue weighted by Crippen LogP contribution is 2.35. The number of nitrogens with one attached hydrogen (secondary N) is 3. The first kappa shape index (κ1) is 25.1. The molecule has 3 aromatic rings. The Morgan fingerprint density at radius 3 is 2.42 bits per heavy atom. The third kappa shape index (κ3) is 5.77. The summed E-state index contributed by atoms with van der Waals surface area (Å²) in [6.45, 7) is 0.445. The molecule has 0 unspecified atom stereocenters. The number of carbonyl (C=O) groups is 2. The van der Waals surface area contributed by atoms with Gasteiger partial charge < -0.3 is 25.8 Å². The number of ether oxygens (including phenoxy) is 1. The van der Waals surface area contributed by atoms with Gasteiger partial charge in [0.2, 0.25) is 5.91 Å². The summed E-state index contributed by atoms with van der Waals surface area (Å²) in [5.74, 6) is -1.00. The summed E-state index contributed by atoms with van der Waals surface area (Å²) >= 11 is 0. The van der Waals surface area contributed by atoms with Crippen molar-refractivity contribution in [1.82, 2.24) is 10.6 Å². The third-order valence-electron chi connectivity index (χ3n) is 5.84. The zero-order chi connectivity index (χ0) is 25.8. The van der Waals surface area contributed by atoms with Gasteiger partial charge in [-0.2, -0.15) is 13.2 Å². The van der Waals surface area contributed by atoms with E-state index in [-0.39, 0.29) is 36.6 Å². The Hall–Kier alpha value is -4.05. The minimum absolute atomic E-state index is 0.00482. The summed E-state index contributed by atoms with van der Waals surface area (Å²) in [5, 5.41) is 17.9. The molecule has 36 heavy (non-hydrogen) atoms. The summed E-state index contributed by atoms with van der Waals surface area (Å²) in [4.78, 5) is 25.7. The number of rotatable bonds is 7. The first-order valence-corrected chi connectivity index (χ1v) is 11.2. The molecule has 0 bridgehead atoms. The van der Waals surface area contributed by atoms with Gasteiger partial charge in [-0.05, 0) is 48.0 Å². The second-order valence-corrected chi connectivity index (χ2v) is 8.44. The average Bonchev–Trinajstić information content (AvgIpc) is 3.33. The van der Waals surface area contributed by atoms with Gasteiger partial charge in [-0.25, -0.2) is 0 Å². The van der Waals surface area contributed by atoms with E-state index in [0.717, 1.165) is 6.07 Å². The fourth-order valence-electron chi connectivity index (χ4n) is 3.89. The molecular weight excluding hydrogens is 475 g/mol. The number of aromatic hydroxyl groups is 1. The van der Waals surface area contributed by atoms with E-state index in [2.05, 4.69) is 16.0 Å². The zero-order valence-corrected chi connectivity index (χ0v) is 19.1. The lowest BCUT2D eigenvalue weighted by molar-refractivity contribution is -0.137. The van der Waals surface area contributed by atoms with Crippen LogP contribution in [-0.4, -0.2) is 35.7 Å². The number of alkyl halides is 3. The van der Waals surface area contributed by atoms with Crippen LogP contribution < -0.4 is 16.0 Å². The number of carbonyl (C=O) groups excluding carboxylic acids is 2. The van der Waals surface area contributed by atoms with E-state index in [0.29, 0.717) is 17.9 Å². The number of anilines is 2. The molecule has 0 aromatic heterocycles. The fraction of sp³-hybridized carbons (Fsp3) is 0.231. The zero-order valence-electron chi connectivity index (χ0n) is 19.1. The first-order chi connectivity index (χ1) is 17.2. The maximum atomic E-state index is 13.2. The van der Waals surface area contributed by atoms with Crippen LogP contribution in [0.1, 0.15) is 27.9 Å². The van der Waals surface area contributed by atoms with Crippen LogP contribution in [0.5, 0.6) is 5.75 Å². The summed E-state index contributed by atoms with van der Waals surface area (Å²) in [6.07, 6.45) is -4.20. The van der Waals surface area contributed by atoms with Gasteiger partial charge in [-0.3, -0.25) is 9.59 Å². The number of hydrogen-bond donors (Lipinski definition) is 4. The largest absolute Gasteiger partial charge is 0.508 e. The Balaban J connectivity index is 1.39. The summed E-state index contributed by atoms with van der Waals surface area (Å²) in [5.41, 5.74) is -0.697. The molecule has 4 N–H and O–H groups in total. The summed E-state index contributed by atoms with van der Waals surface area (Å²) < 4.78 is 45.0. The summed E-state index contributed by atoms with van der Waals surface area (Å²) in [6, 6.07) is 17.6. The van der Waals surface area contributed by atoms with E-state index in [9.17, 15) is 27.9 Å². The average molecular weight is 499 g/mol. The lowest BCUT2D eigenvalue weighted by Crippen LogP contribution is -2.59. The van der Waals surface area contributed by atoms with Crippen molar-refractivity contribution >= 4 is 23.2 Å². The Bertz CT molecular complexity index is 1240. The van der Waals surface area contributed by atoms with Crippen LogP contribution in [0.2, 0.25) is 0 Å². The van der Waals surface area contributed by atoms with Gasteiger partial charge in [-0.1, -0.05) is 30.3 Å². The Kier molecular flexibility index (Phi) is 7.16. The second kappa shape index (κ2) is 10.3. The third-order valence-corrected chi connectivity index (χ3v) is 5.84. The molecule has 0 spiro atoms. The molecule has 3 aromatic carbocycles. The van der Waals surface area contributed by atoms with Crippen molar-refractivity contribution in [1.29, 1.82) is 0 Å². The molecule has 1 saturated heterocycles. The fourth-order valence-corrected chi connectivity index (χ4v) is 3.89. The summed E-state index contributed by atoms with van der Waals surface area (Å²) in [7, 11) is 0. The monoisotopic (exact) mass is 499 g/mol. The minimum Gasteiger partial charge on any atom is -0.508 e. The maximum absolute atomic E-state index is 13.2. The molecule has 7 nitrogen and oxygen atoms in total. The SMILES string of the molecule is O=C(N[C@@]1(C(=O)NCc2ccc(Nc3ccccc3C(F)(F)F)cc2)CCOC1)c1cccc(O)c1. The van der Waals surface area contributed by atoms with E-state index in [1.165, 1.54) is 42.5 Å². The topological polar surface area (TPSA) is 99.7 Å². The van der Waals surface area contributed by atoms with Crippen LogP contribution >= 0.6 is 0 Å². The van der Waals surface area contributed by atoms with Gasteiger partial charge >= 0.3 is 6.18 Å². The van der Waals surface area contributed by atoms with Crippen molar-refractivity contribution in [2.75, 3.05) is 18.5 Å². The lowest BCUT2D eigenvalue weighted by Gasteiger charge is -2.27. The van der Waals surface area contributed by atoms with Gasteiger partial charge in [0.25, 0.3) is 5.91 Å². The van der Waals surface area contributed by atoms with E-state index in [1.54, 1.807) is 24.3 Å². The predicted molar refractivity (Wildman–Crippen MR) is 127 cm³/mol. The van der Waals surface area contributed by atoms with E-state index >= 15 is 0 Å². The van der Waals surface area contributed by atoms with Crippen molar-refractivity contribution in [2.24, 2.45) is 0 Å². The van der Waals surface area contributed by atoms with Crippen molar-refractivity contribution in [3.8, 4) is 5.75 Å². The number of benzene rings is 3. The minimum atomic E-state index is -4.48. The highest BCUT2D eigenvalue weighted by Gasteiger charge is 2.43. The predicted octanol–water partition coefficient (Wildman–Crippen LogP) is 4.36. The van der Waals surface area contributed by atoms with Crippen LogP contribution in [0.4, 0.5) is 24.5 Å². The Morgan fingerprint density at radius 2 is 1.75 bits per heavy atom. The number of halogens is 3. The number of para-hydroxylation sites is 1. The lowest BCUT2D eigenvalue weighted by atomic mass is 9.96. The molecule has 0 aliphatic carbocycles. The standard InChI is InChI=1S/C26H24F3N3O4/c27-26(28,29)21-6-1-2-7-22(21)31-19-10-8-17(9-11-19)15-30-24(35)25(12-13-36-16-25)32-23(34)18-4-3-5-20(33)14-18/h1-11,14,31,33H,12-13,15-16H2,(H,30,35)(H,32,34)/t25-/m0/s1. The van der Waals surface area contributed by atoms with E-state index in [1.807, 2.05) is 0 Å². The quantitative estimate of drug-likeness (QED) is 0.387. The van der Waals surface area contributed by atoms with Crippen molar-refractivity contribution in [3.05, 3.63) is 89.5 Å². The molecule has 1 aliphatic heterocycles.